The first kappa shape index (κ1) is 22.4. The van der Waals surface area contributed by atoms with Crippen molar-refractivity contribution in [3.63, 3.8) is 0 Å². The molecule has 6 heteroatoms. The number of amides is 1. The Balaban J connectivity index is 1.82. The number of nitrogens with zero attached hydrogens (tertiary/aromatic N) is 2. The Bertz CT molecular complexity index is 1090. The van der Waals surface area contributed by atoms with Gasteiger partial charge in [-0.05, 0) is 50.6 Å². The molecule has 0 bridgehead atoms. The number of hydrogen-bond donors (Lipinski definition) is 1. The van der Waals surface area contributed by atoms with Gasteiger partial charge in [0, 0.05) is 17.6 Å². The highest BCUT2D eigenvalue weighted by atomic mass is 16.5. The van der Waals surface area contributed by atoms with Crippen molar-refractivity contribution in [1.29, 1.82) is 0 Å². The lowest BCUT2D eigenvalue weighted by Crippen LogP contribution is -2.31. The molecule has 0 saturated heterocycles. The smallest absolute Gasteiger partial charge is 0.340 e. The summed E-state index contributed by atoms with van der Waals surface area (Å²) in [6, 6.07) is 15.5. The number of ether oxygens (including phenoxy) is 1. The number of carbonyl (C=O) groups excluding carboxylic acids is 2. The molecule has 1 N–H and O–H groups in total. The van der Waals surface area contributed by atoms with Gasteiger partial charge < -0.3 is 10.1 Å². The zero-order valence-corrected chi connectivity index (χ0v) is 18.6. The van der Waals surface area contributed by atoms with E-state index in [0.29, 0.717) is 24.4 Å². The molecule has 0 aliphatic heterocycles. The third-order valence-corrected chi connectivity index (χ3v) is 5.21. The Kier molecular flexibility index (Phi) is 7.36. The first-order valence-electron chi connectivity index (χ1n) is 10.6. The number of anilines is 1. The molecule has 1 amide bonds. The molecule has 0 spiro atoms. The number of likely N-dealkylation sites (N-methyl/N-ethyl adjacent to an activating group) is 1. The van der Waals surface area contributed by atoms with Crippen molar-refractivity contribution >= 4 is 28.5 Å². The number of fused-ring (bicyclic) bond motifs is 1. The summed E-state index contributed by atoms with van der Waals surface area (Å²) in [7, 11) is 1.84. The fourth-order valence-electron chi connectivity index (χ4n) is 3.73. The fourth-order valence-corrected chi connectivity index (χ4v) is 3.73. The van der Waals surface area contributed by atoms with Crippen LogP contribution in [0.5, 0.6) is 0 Å². The Hall–Kier alpha value is -3.25. The second-order valence-electron chi connectivity index (χ2n) is 7.53. The van der Waals surface area contributed by atoms with Crippen LogP contribution < -0.4 is 5.32 Å². The molecule has 0 aliphatic carbocycles. The van der Waals surface area contributed by atoms with Gasteiger partial charge in [-0.15, -0.1) is 0 Å². The van der Waals surface area contributed by atoms with Crippen molar-refractivity contribution in [2.45, 2.75) is 33.7 Å². The lowest BCUT2D eigenvalue weighted by atomic mass is 10.0. The zero-order chi connectivity index (χ0) is 22.4. The van der Waals surface area contributed by atoms with E-state index in [1.807, 2.05) is 67.4 Å². The van der Waals surface area contributed by atoms with Gasteiger partial charge in [0.15, 0.2) is 0 Å². The standard InChI is InChI=1S/C25H29N3O3/c1-5-18-11-7-9-13-20(18)27-23(29)16-28(4)15-22-24(25(30)31-6-2)17(3)19-12-8-10-14-21(19)26-22/h7-14H,5-6,15-16H2,1-4H3,(H,27,29). The number of aryl methyl sites for hydroxylation is 2. The second kappa shape index (κ2) is 10.2. The minimum absolute atomic E-state index is 0.112. The average molecular weight is 420 g/mol. The van der Waals surface area contributed by atoms with Crippen LogP contribution in [0.25, 0.3) is 10.9 Å². The van der Waals surface area contributed by atoms with Crippen LogP contribution in [0, 0.1) is 6.92 Å². The molecule has 1 heterocycles. The summed E-state index contributed by atoms with van der Waals surface area (Å²) in [6.45, 7) is 6.57. The van der Waals surface area contributed by atoms with Crippen LogP contribution in [-0.4, -0.2) is 42.0 Å². The summed E-state index contributed by atoms with van der Waals surface area (Å²) >= 11 is 0. The molecule has 0 unspecified atom stereocenters. The van der Waals surface area contributed by atoms with Crippen LogP contribution >= 0.6 is 0 Å². The number of hydrogen-bond acceptors (Lipinski definition) is 5. The highest BCUT2D eigenvalue weighted by Crippen LogP contribution is 2.24. The molecular formula is C25H29N3O3. The summed E-state index contributed by atoms with van der Waals surface area (Å²) < 4.78 is 5.29. The molecule has 31 heavy (non-hydrogen) atoms. The highest BCUT2D eigenvalue weighted by molar-refractivity contribution is 5.98. The highest BCUT2D eigenvalue weighted by Gasteiger charge is 2.21. The monoisotopic (exact) mass is 419 g/mol. The van der Waals surface area contributed by atoms with E-state index >= 15 is 0 Å². The van der Waals surface area contributed by atoms with E-state index in [1.54, 1.807) is 6.92 Å². The van der Waals surface area contributed by atoms with Crippen LogP contribution in [0.15, 0.2) is 48.5 Å². The van der Waals surface area contributed by atoms with Crippen LogP contribution in [0.4, 0.5) is 5.69 Å². The number of nitrogens with one attached hydrogen (secondary N) is 1. The summed E-state index contributed by atoms with van der Waals surface area (Å²) in [4.78, 5) is 31.9. The van der Waals surface area contributed by atoms with Gasteiger partial charge in [0.05, 0.1) is 29.9 Å². The SMILES string of the molecule is CCOC(=O)c1c(CN(C)CC(=O)Nc2ccccc2CC)nc2ccccc2c1C. The van der Waals surface area contributed by atoms with Crippen molar-refractivity contribution in [3.8, 4) is 0 Å². The van der Waals surface area contributed by atoms with Crippen LogP contribution in [0.1, 0.15) is 41.0 Å². The molecule has 0 fully saturated rings. The third-order valence-electron chi connectivity index (χ3n) is 5.21. The number of para-hydroxylation sites is 2. The lowest BCUT2D eigenvalue weighted by molar-refractivity contribution is -0.117. The summed E-state index contributed by atoms with van der Waals surface area (Å²) in [5.74, 6) is -0.499. The van der Waals surface area contributed by atoms with Crippen molar-refractivity contribution in [1.82, 2.24) is 9.88 Å². The maximum Gasteiger partial charge on any atom is 0.340 e. The van der Waals surface area contributed by atoms with E-state index in [4.69, 9.17) is 9.72 Å². The molecule has 0 saturated carbocycles. The molecule has 2 aromatic carbocycles. The Morgan fingerprint density at radius 3 is 2.52 bits per heavy atom. The van der Waals surface area contributed by atoms with Gasteiger partial charge in [-0.25, -0.2) is 4.79 Å². The predicted molar refractivity (Wildman–Crippen MR) is 123 cm³/mol. The summed E-state index contributed by atoms with van der Waals surface area (Å²) in [6.07, 6.45) is 0.843. The lowest BCUT2D eigenvalue weighted by Gasteiger charge is -2.20. The van der Waals surface area contributed by atoms with E-state index in [1.165, 1.54) is 0 Å². The molecule has 0 aliphatic rings. The largest absolute Gasteiger partial charge is 0.462 e. The topological polar surface area (TPSA) is 71.5 Å². The summed E-state index contributed by atoms with van der Waals surface area (Å²) in [5.41, 5.74) is 4.67. The Morgan fingerprint density at radius 2 is 1.77 bits per heavy atom. The van der Waals surface area contributed by atoms with Crippen molar-refractivity contribution < 1.29 is 14.3 Å². The number of benzene rings is 2. The second-order valence-corrected chi connectivity index (χ2v) is 7.53. The number of rotatable bonds is 8. The van der Waals surface area contributed by atoms with Crippen molar-refractivity contribution in [2.24, 2.45) is 0 Å². The van der Waals surface area contributed by atoms with E-state index in [0.717, 1.165) is 34.1 Å². The van der Waals surface area contributed by atoms with Gasteiger partial charge in [-0.3, -0.25) is 14.7 Å². The number of aromatic nitrogens is 1. The average Bonchev–Trinajstić information content (AvgIpc) is 2.74. The van der Waals surface area contributed by atoms with Gasteiger partial charge in [0.1, 0.15) is 0 Å². The third kappa shape index (κ3) is 5.27. The molecule has 3 rings (SSSR count). The van der Waals surface area contributed by atoms with E-state index < -0.39 is 0 Å². The first-order valence-corrected chi connectivity index (χ1v) is 10.6. The quantitative estimate of drug-likeness (QED) is 0.550. The minimum Gasteiger partial charge on any atom is -0.462 e. The first-order chi connectivity index (χ1) is 14.9. The molecule has 3 aromatic rings. The Labute approximate surface area is 183 Å². The van der Waals surface area contributed by atoms with Crippen LogP contribution in [0.2, 0.25) is 0 Å². The minimum atomic E-state index is -0.386. The van der Waals surface area contributed by atoms with E-state index in [2.05, 4.69) is 12.2 Å². The normalized spacial score (nSPS) is 11.0. The molecule has 162 valence electrons. The maximum atomic E-state index is 12.7. The van der Waals surface area contributed by atoms with Gasteiger partial charge in [-0.1, -0.05) is 43.3 Å². The van der Waals surface area contributed by atoms with Crippen LogP contribution in [0.3, 0.4) is 0 Å². The summed E-state index contributed by atoms with van der Waals surface area (Å²) in [5, 5.41) is 3.91. The fraction of sp³-hybridized carbons (Fsp3) is 0.320. The van der Waals surface area contributed by atoms with Crippen molar-refractivity contribution in [2.75, 3.05) is 25.5 Å². The van der Waals surface area contributed by atoms with Crippen molar-refractivity contribution in [3.05, 3.63) is 70.9 Å². The van der Waals surface area contributed by atoms with Gasteiger partial charge >= 0.3 is 5.97 Å². The number of esters is 1. The molecule has 1 aromatic heterocycles. The number of carbonyl (C=O) groups is 2. The zero-order valence-electron chi connectivity index (χ0n) is 18.6. The van der Waals surface area contributed by atoms with Gasteiger partial charge in [0.2, 0.25) is 5.91 Å². The molecular weight excluding hydrogens is 390 g/mol. The molecule has 0 atom stereocenters. The van der Waals surface area contributed by atoms with E-state index in [-0.39, 0.29) is 18.4 Å². The predicted octanol–water partition coefficient (Wildman–Crippen LogP) is 4.35. The van der Waals surface area contributed by atoms with Crippen LogP contribution in [-0.2, 0) is 22.5 Å². The van der Waals surface area contributed by atoms with E-state index in [9.17, 15) is 9.59 Å². The van der Waals surface area contributed by atoms with Gasteiger partial charge in [-0.2, -0.15) is 0 Å². The molecule has 0 radical (unpaired) electrons. The Morgan fingerprint density at radius 1 is 1.06 bits per heavy atom. The molecule has 6 nitrogen and oxygen atoms in total. The van der Waals surface area contributed by atoms with Gasteiger partial charge in [0.25, 0.3) is 0 Å². The maximum absolute atomic E-state index is 12.7. The number of pyridine rings is 1.